The second kappa shape index (κ2) is 1.83. The Labute approximate surface area is 44.9 Å². The Balaban J connectivity index is 1.98. The lowest BCUT2D eigenvalue weighted by Gasteiger charge is -1.86. The molecule has 2 unspecified atom stereocenters. The first-order chi connectivity index (χ1) is 3.34. The zero-order valence-electron chi connectivity index (χ0n) is 4.85. The van der Waals surface area contributed by atoms with Crippen LogP contribution in [0.3, 0.4) is 0 Å². The van der Waals surface area contributed by atoms with Crippen LogP contribution in [0.4, 0.5) is 0 Å². The average Bonchev–Trinajstić information content (AvgIpc) is 2.22. The summed E-state index contributed by atoms with van der Waals surface area (Å²) in [7, 11) is 0. The maximum absolute atomic E-state index is 5.55. The predicted octanol–water partition coefficient (Wildman–Crippen LogP) is 1.13. The van der Waals surface area contributed by atoms with Crippen LogP contribution in [0.5, 0.6) is 0 Å². The number of rotatable bonds is 2. The van der Waals surface area contributed by atoms with Crippen LogP contribution in [0.15, 0.2) is 0 Å². The zero-order chi connectivity index (χ0) is 5.28. The molecule has 0 aromatic heterocycles. The molecule has 1 fully saturated rings. The molecule has 0 aliphatic heterocycles. The molecule has 0 amide bonds. The second-order valence-electron chi connectivity index (χ2n) is 2.45. The van der Waals surface area contributed by atoms with E-state index in [0.29, 0.717) is 6.04 Å². The van der Waals surface area contributed by atoms with Crippen molar-refractivity contribution in [3.8, 4) is 0 Å². The fraction of sp³-hybridized carbons (Fsp3) is 1.00. The zero-order valence-corrected chi connectivity index (χ0v) is 4.85. The minimum Gasteiger partial charge on any atom is -0.327 e. The molecule has 1 aliphatic carbocycles. The molecule has 0 bridgehead atoms. The van der Waals surface area contributed by atoms with Crippen molar-refractivity contribution in [3.63, 3.8) is 0 Å². The Kier molecular flexibility index (Phi) is 1.33. The summed E-state index contributed by atoms with van der Waals surface area (Å²) in [6.07, 6.45) is 3.94. The minimum atomic E-state index is 0.569. The molecule has 0 aromatic carbocycles. The van der Waals surface area contributed by atoms with Crippen molar-refractivity contribution >= 4 is 0 Å². The maximum Gasteiger partial charge on any atom is 0.00709 e. The largest absolute Gasteiger partial charge is 0.327 e. The molecule has 42 valence electrons. The first-order valence-electron chi connectivity index (χ1n) is 3.10. The molecule has 2 atom stereocenters. The third-order valence-corrected chi connectivity index (χ3v) is 1.64. The smallest absolute Gasteiger partial charge is 0.00709 e. The second-order valence-corrected chi connectivity index (χ2v) is 2.45. The summed E-state index contributed by atoms with van der Waals surface area (Å²) in [5.74, 6) is 0.894. The summed E-state index contributed by atoms with van der Waals surface area (Å²) in [6, 6.07) is 0.569. The first kappa shape index (κ1) is 5.10. The molecule has 2 N–H and O–H groups in total. The molecule has 7 heavy (non-hydrogen) atoms. The van der Waals surface area contributed by atoms with Gasteiger partial charge in [-0.3, -0.25) is 0 Å². The Bertz CT molecular complexity index is 61.2. The SMILES string of the molecule is CCCC1CC1N. The highest BCUT2D eigenvalue weighted by atomic mass is 14.7. The van der Waals surface area contributed by atoms with Gasteiger partial charge in [-0.15, -0.1) is 0 Å². The lowest BCUT2D eigenvalue weighted by atomic mass is 10.2. The van der Waals surface area contributed by atoms with E-state index >= 15 is 0 Å². The van der Waals surface area contributed by atoms with E-state index < -0.39 is 0 Å². The summed E-state index contributed by atoms with van der Waals surface area (Å²) in [5, 5.41) is 0. The summed E-state index contributed by atoms with van der Waals surface area (Å²) < 4.78 is 0. The first-order valence-corrected chi connectivity index (χ1v) is 3.10. The molecule has 1 rings (SSSR count). The summed E-state index contributed by atoms with van der Waals surface area (Å²) in [6.45, 7) is 2.21. The number of nitrogens with two attached hydrogens (primary N) is 1. The van der Waals surface area contributed by atoms with Crippen molar-refractivity contribution in [2.75, 3.05) is 0 Å². The van der Waals surface area contributed by atoms with Gasteiger partial charge in [0.05, 0.1) is 0 Å². The lowest BCUT2D eigenvalue weighted by molar-refractivity contribution is 0.683. The van der Waals surface area contributed by atoms with E-state index in [1.807, 2.05) is 0 Å². The lowest BCUT2D eigenvalue weighted by Crippen LogP contribution is -2.00. The highest BCUT2D eigenvalue weighted by molar-refractivity contribution is 4.88. The van der Waals surface area contributed by atoms with Crippen LogP contribution < -0.4 is 5.73 Å². The van der Waals surface area contributed by atoms with Crippen molar-refractivity contribution < 1.29 is 0 Å². The van der Waals surface area contributed by atoms with Crippen molar-refractivity contribution in [2.45, 2.75) is 32.2 Å². The quantitative estimate of drug-likeness (QED) is 0.552. The Morgan fingerprint density at radius 1 is 1.71 bits per heavy atom. The average molecular weight is 99.2 g/mol. The van der Waals surface area contributed by atoms with E-state index in [-0.39, 0.29) is 0 Å². The van der Waals surface area contributed by atoms with Gasteiger partial charge in [-0.05, 0) is 18.8 Å². The third-order valence-electron chi connectivity index (χ3n) is 1.64. The van der Waals surface area contributed by atoms with Gasteiger partial charge in [-0.2, -0.15) is 0 Å². The van der Waals surface area contributed by atoms with Crippen LogP contribution in [0, 0.1) is 5.92 Å². The molecular weight excluding hydrogens is 86.1 g/mol. The summed E-state index contributed by atoms with van der Waals surface area (Å²) in [4.78, 5) is 0. The normalized spacial score (nSPS) is 38.6. The van der Waals surface area contributed by atoms with Crippen molar-refractivity contribution in [1.82, 2.24) is 0 Å². The van der Waals surface area contributed by atoms with Crippen LogP contribution >= 0.6 is 0 Å². The van der Waals surface area contributed by atoms with E-state index in [9.17, 15) is 0 Å². The van der Waals surface area contributed by atoms with E-state index in [0.717, 1.165) is 5.92 Å². The van der Waals surface area contributed by atoms with E-state index in [1.54, 1.807) is 0 Å². The van der Waals surface area contributed by atoms with Crippen molar-refractivity contribution in [1.29, 1.82) is 0 Å². The Morgan fingerprint density at radius 2 is 2.29 bits per heavy atom. The van der Waals surface area contributed by atoms with Crippen molar-refractivity contribution in [3.05, 3.63) is 0 Å². The van der Waals surface area contributed by atoms with Crippen LogP contribution in [0.2, 0.25) is 0 Å². The van der Waals surface area contributed by atoms with Gasteiger partial charge in [0.2, 0.25) is 0 Å². The summed E-state index contributed by atoms with van der Waals surface area (Å²) >= 11 is 0. The molecular formula is C6H13N. The Hall–Kier alpha value is -0.0400. The molecule has 1 heteroatoms. The fourth-order valence-corrected chi connectivity index (χ4v) is 0.974. The van der Waals surface area contributed by atoms with Gasteiger partial charge in [-0.25, -0.2) is 0 Å². The van der Waals surface area contributed by atoms with Crippen LogP contribution in [0.1, 0.15) is 26.2 Å². The number of hydrogen-bond acceptors (Lipinski definition) is 1. The standard InChI is InChI=1S/C6H13N/c1-2-3-5-4-6(5)7/h5-6H,2-4,7H2,1H3. The van der Waals surface area contributed by atoms with Gasteiger partial charge in [0.1, 0.15) is 0 Å². The van der Waals surface area contributed by atoms with Crippen LogP contribution in [0.25, 0.3) is 0 Å². The molecule has 1 nitrogen and oxygen atoms in total. The van der Waals surface area contributed by atoms with Crippen LogP contribution in [-0.4, -0.2) is 6.04 Å². The van der Waals surface area contributed by atoms with Gasteiger partial charge < -0.3 is 5.73 Å². The van der Waals surface area contributed by atoms with Gasteiger partial charge >= 0.3 is 0 Å². The third kappa shape index (κ3) is 1.16. The summed E-state index contributed by atoms with van der Waals surface area (Å²) in [5.41, 5.74) is 5.55. The highest BCUT2D eigenvalue weighted by Gasteiger charge is 2.31. The van der Waals surface area contributed by atoms with Gasteiger partial charge in [0, 0.05) is 6.04 Å². The van der Waals surface area contributed by atoms with Gasteiger partial charge in [0.25, 0.3) is 0 Å². The molecule has 0 saturated heterocycles. The molecule has 0 heterocycles. The number of hydrogen-bond donors (Lipinski definition) is 1. The molecule has 0 spiro atoms. The molecule has 0 radical (unpaired) electrons. The minimum absolute atomic E-state index is 0.569. The Morgan fingerprint density at radius 3 is 2.43 bits per heavy atom. The molecule has 1 saturated carbocycles. The van der Waals surface area contributed by atoms with E-state index in [2.05, 4.69) is 6.92 Å². The fourth-order valence-electron chi connectivity index (χ4n) is 0.974. The van der Waals surface area contributed by atoms with Crippen LogP contribution in [-0.2, 0) is 0 Å². The van der Waals surface area contributed by atoms with Gasteiger partial charge in [0.15, 0.2) is 0 Å². The van der Waals surface area contributed by atoms with E-state index in [4.69, 9.17) is 5.73 Å². The predicted molar refractivity (Wildman–Crippen MR) is 31.0 cm³/mol. The topological polar surface area (TPSA) is 26.0 Å². The van der Waals surface area contributed by atoms with E-state index in [1.165, 1.54) is 19.3 Å². The molecule has 0 aromatic rings. The monoisotopic (exact) mass is 99.1 g/mol. The van der Waals surface area contributed by atoms with Crippen molar-refractivity contribution in [2.24, 2.45) is 11.7 Å². The van der Waals surface area contributed by atoms with Gasteiger partial charge in [-0.1, -0.05) is 13.3 Å². The maximum atomic E-state index is 5.55. The highest BCUT2D eigenvalue weighted by Crippen LogP contribution is 2.31. The molecule has 1 aliphatic rings.